The monoisotopic (exact) mass is 288 g/mol. The van der Waals surface area contributed by atoms with Crippen LogP contribution >= 0.6 is 0 Å². The lowest BCUT2D eigenvalue weighted by molar-refractivity contribution is -0.0503. The van der Waals surface area contributed by atoms with Crippen molar-refractivity contribution in [3.8, 4) is 5.75 Å². The quantitative estimate of drug-likeness (QED) is 0.729. The first-order chi connectivity index (χ1) is 10.1. The van der Waals surface area contributed by atoms with Crippen LogP contribution in [0.25, 0.3) is 5.65 Å². The molecule has 0 spiro atoms. The van der Waals surface area contributed by atoms with Crippen LogP contribution in [-0.4, -0.2) is 16.0 Å². The molecule has 2 aromatic heterocycles. The van der Waals surface area contributed by atoms with Gasteiger partial charge in [-0.1, -0.05) is 24.3 Å². The van der Waals surface area contributed by atoms with E-state index in [4.69, 9.17) is 0 Å². The van der Waals surface area contributed by atoms with Crippen molar-refractivity contribution in [2.24, 2.45) is 0 Å². The van der Waals surface area contributed by atoms with Crippen molar-refractivity contribution in [3.05, 3.63) is 65.6 Å². The fraction of sp³-hybridized carbons (Fsp3) is 0.188. The first kappa shape index (κ1) is 13.5. The van der Waals surface area contributed by atoms with Gasteiger partial charge >= 0.3 is 6.61 Å². The summed E-state index contributed by atoms with van der Waals surface area (Å²) in [6.07, 6.45) is 2.40. The minimum atomic E-state index is -2.82. The average Bonchev–Trinajstić information content (AvgIpc) is 2.77. The Labute approximate surface area is 120 Å². The molecule has 0 aliphatic heterocycles. The lowest BCUT2D eigenvalue weighted by atomic mass is 10.1. The van der Waals surface area contributed by atoms with Crippen molar-refractivity contribution in [1.29, 1.82) is 0 Å². The zero-order valence-corrected chi connectivity index (χ0v) is 11.5. The summed E-state index contributed by atoms with van der Waals surface area (Å²) in [5, 5.41) is 0. The Hall–Kier alpha value is -2.43. The van der Waals surface area contributed by atoms with Crippen LogP contribution in [0, 0.1) is 6.92 Å². The van der Waals surface area contributed by atoms with Gasteiger partial charge in [-0.2, -0.15) is 8.78 Å². The van der Waals surface area contributed by atoms with Crippen molar-refractivity contribution in [2.45, 2.75) is 20.0 Å². The molecular formula is C16H14F2N2O. The highest BCUT2D eigenvalue weighted by Crippen LogP contribution is 2.24. The number of alkyl halides is 2. The number of benzene rings is 1. The highest BCUT2D eigenvalue weighted by Gasteiger charge is 2.13. The molecule has 0 unspecified atom stereocenters. The minimum absolute atomic E-state index is 0.206. The van der Waals surface area contributed by atoms with E-state index in [1.54, 1.807) is 18.2 Å². The molecule has 0 amide bonds. The molecule has 3 aromatic rings. The molecule has 3 nitrogen and oxygen atoms in total. The zero-order chi connectivity index (χ0) is 14.8. The maximum atomic E-state index is 12.5. The second-order valence-corrected chi connectivity index (χ2v) is 4.74. The summed E-state index contributed by atoms with van der Waals surface area (Å²) in [6.45, 7) is -0.909. The van der Waals surface area contributed by atoms with Crippen LogP contribution in [0.5, 0.6) is 5.75 Å². The molecular weight excluding hydrogens is 274 g/mol. The minimum Gasteiger partial charge on any atom is -0.435 e. The van der Waals surface area contributed by atoms with Gasteiger partial charge in [0, 0.05) is 23.9 Å². The molecule has 0 bridgehead atoms. The SMILES string of the molecule is Cc1nc2ccccn2c1Cc1ccccc1OC(F)F. The fourth-order valence-electron chi connectivity index (χ4n) is 2.42. The molecule has 1 aromatic carbocycles. The summed E-state index contributed by atoms with van der Waals surface area (Å²) in [5.41, 5.74) is 3.41. The van der Waals surface area contributed by atoms with Crippen LogP contribution in [-0.2, 0) is 6.42 Å². The van der Waals surface area contributed by atoms with E-state index < -0.39 is 6.61 Å². The van der Waals surface area contributed by atoms with Crippen molar-refractivity contribution in [3.63, 3.8) is 0 Å². The van der Waals surface area contributed by atoms with E-state index in [0.717, 1.165) is 17.0 Å². The third-order valence-corrected chi connectivity index (χ3v) is 3.38. The van der Waals surface area contributed by atoms with E-state index in [1.807, 2.05) is 41.8 Å². The molecule has 0 saturated heterocycles. The van der Waals surface area contributed by atoms with Gasteiger partial charge in [0.15, 0.2) is 0 Å². The molecule has 108 valence electrons. The normalized spacial score (nSPS) is 11.2. The second-order valence-electron chi connectivity index (χ2n) is 4.74. The second kappa shape index (κ2) is 5.52. The third kappa shape index (κ3) is 2.72. The number of rotatable bonds is 4. The molecule has 0 aliphatic carbocycles. The number of fused-ring (bicyclic) bond motifs is 1. The summed E-state index contributed by atoms with van der Waals surface area (Å²) < 4.78 is 31.5. The number of aryl methyl sites for hydroxylation is 1. The fourth-order valence-corrected chi connectivity index (χ4v) is 2.42. The Morgan fingerprint density at radius 2 is 1.90 bits per heavy atom. The molecule has 2 heterocycles. The van der Waals surface area contributed by atoms with Gasteiger partial charge in [-0.25, -0.2) is 4.98 Å². The molecule has 0 radical (unpaired) electrons. The average molecular weight is 288 g/mol. The van der Waals surface area contributed by atoms with Crippen LogP contribution in [0.3, 0.4) is 0 Å². The van der Waals surface area contributed by atoms with Gasteiger partial charge in [-0.3, -0.25) is 0 Å². The highest BCUT2D eigenvalue weighted by molar-refractivity contribution is 5.45. The Kier molecular flexibility index (Phi) is 3.56. The lowest BCUT2D eigenvalue weighted by Gasteiger charge is -2.10. The van der Waals surface area contributed by atoms with Crippen LogP contribution < -0.4 is 4.74 Å². The molecule has 5 heteroatoms. The predicted molar refractivity (Wildman–Crippen MR) is 75.8 cm³/mol. The lowest BCUT2D eigenvalue weighted by Crippen LogP contribution is -2.05. The Morgan fingerprint density at radius 1 is 1.14 bits per heavy atom. The van der Waals surface area contributed by atoms with Crippen LogP contribution in [0.15, 0.2) is 48.7 Å². The summed E-state index contributed by atoms with van der Waals surface area (Å²) >= 11 is 0. The first-order valence-electron chi connectivity index (χ1n) is 6.60. The number of halogens is 2. The maximum absolute atomic E-state index is 12.5. The van der Waals surface area contributed by atoms with Crippen molar-refractivity contribution in [1.82, 2.24) is 9.38 Å². The maximum Gasteiger partial charge on any atom is 0.387 e. The molecule has 21 heavy (non-hydrogen) atoms. The van der Waals surface area contributed by atoms with Crippen LogP contribution in [0.4, 0.5) is 8.78 Å². The van der Waals surface area contributed by atoms with E-state index in [9.17, 15) is 8.78 Å². The highest BCUT2D eigenvalue weighted by atomic mass is 19.3. The van der Waals surface area contributed by atoms with Gasteiger partial charge in [0.2, 0.25) is 0 Å². The summed E-state index contributed by atoms with van der Waals surface area (Å²) in [4.78, 5) is 4.47. The Balaban J connectivity index is 2.01. The smallest absolute Gasteiger partial charge is 0.387 e. The van der Waals surface area contributed by atoms with Crippen molar-refractivity contribution < 1.29 is 13.5 Å². The molecule has 3 rings (SSSR count). The standard InChI is InChI=1S/C16H14F2N2O/c1-11-13(20-9-5-4-8-15(20)19-11)10-12-6-2-3-7-14(12)21-16(17)18/h2-9,16H,10H2,1H3. The molecule has 0 fully saturated rings. The first-order valence-corrected chi connectivity index (χ1v) is 6.60. The number of nitrogens with zero attached hydrogens (tertiary/aromatic N) is 2. The number of imidazole rings is 1. The molecule has 0 atom stereocenters. The van der Waals surface area contributed by atoms with E-state index in [-0.39, 0.29) is 5.75 Å². The number of aromatic nitrogens is 2. The van der Waals surface area contributed by atoms with E-state index in [1.165, 1.54) is 0 Å². The largest absolute Gasteiger partial charge is 0.435 e. The van der Waals surface area contributed by atoms with Gasteiger partial charge < -0.3 is 9.14 Å². The van der Waals surface area contributed by atoms with E-state index in [2.05, 4.69) is 9.72 Å². The van der Waals surface area contributed by atoms with E-state index in [0.29, 0.717) is 12.0 Å². The van der Waals surface area contributed by atoms with Crippen molar-refractivity contribution >= 4 is 5.65 Å². The number of para-hydroxylation sites is 1. The predicted octanol–water partition coefficient (Wildman–Crippen LogP) is 3.83. The molecule has 0 N–H and O–H groups in total. The van der Waals surface area contributed by atoms with Gasteiger partial charge in [0.25, 0.3) is 0 Å². The third-order valence-electron chi connectivity index (χ3n) is 3.38. The molecule has 0 aliphatic rings. The topological polar surface area (TPSA) is 26.5 Å². The van der Waals surface area contributed by atoms with Crippen LogP contribution in [0.1, 0.15) is 17.0 Å². The van der Waals surface area contributed by atoms with Gasteiger partial charge in [-0.05, 0) is 25.1 Å². The number of pyridine rings is 1. The zero-order valence-electron chi connectivity index (χ0n) is 11.5. The van der Waals surface area contributed by atoms with Gasteiger partial charge in [0.1, 0.15) is 11.4 Å². The van der Waals surface area contributed by atoms with Crippen LogP contribution in [0.2, 0.25) is 0 Å². The summed E-state index contributed by atoms with van der Waals surface area (Å²) in [6, 6.07) is 12.6. The van der Waals surface area contributed by atoms with Crippen molar-refractivity contribution in [2.75, 3.05) is 0 Å². The van der Waals surface area contributed by atoms with Gasteiger partial charge in [-0.15, -0.1) is 0 Å². The van der Waals surface area contributed by atoms with E-state index >= 15 is 0 Å². The summed E-state index contributed by atoms with van der Waals surface area (Å²) in [7, 11) is 0. The summed E-state index contributed by atoms with van der Waals surface area (Å²) in [5.74, 6) is 0.206. The Bertz CT molecular complexity index is 768. The molecule has 0 saturated carbocycles. The number of hydrogen-bond acceptors (Lipinski definition) is 2. The number of hydrogen-bond donors (Lipinski definition) is 0. The van der Waals surface area contributed by atoms with Gasteiger partial charge in [0.05, 0.1) is 5.69 Å². The number of ether oxygens (including phenoxy) is 1. The Morgan fingerprint density at radius 3 is 2.71 bits per heavy atom.